The van der Waals surface area contributed by atoms with Crippen LogP contribution in [0.5, 0.6) is 0 Å². The Kier molecular flexibility index (Phi) is 4.66. The molecule has 1 aliphatic rings. The van der Waals surface area contributed by atoms with Crippen molar-refractivity contribution < 1.29 is 14.7 Å². The second-order valence-corrected chi connectivity index (χ2v) is 6.41. The number of aliphatic hydroxyl groups is 1. The number of Topliss-reactive ketones (excluding diaryl/α,β-unsaturated/α-hetero) is 2. The van der Waals surface area contributed by atoms with E-state index in [2.05, 4.69) is 0 Å². The van der Waals surface area contributed by atoms with Crippen LogP contribution in [0.3, 0.4) is 0 Å². The average Bonchev–Trinajstić information content (AvgIpc) is 2.81. The molecule has 0 saturated heterocycles. The van der Waals surface area contributed by atoms with Crippen LogP contribution in [0, 0.1) is 0 Å². The number of hydrogen-bond donors (Lipinski definition) is 1. The average molecular weight is 330 g/mol. The first-order valence-electron chi connectivity index (χ1n) is 8.38. The minimum atomic E-state index is -0.549. The highest BCUT2D eigenvalue weighted by molar-refractivity contribution is 6.03. The van der Waals surface area contributed by atoms with Gasteiger partial charge in [-0.1, -0.05) is 12.1 Å². The fourth-order valence-electron chi connectivity index (χ4n) is 3.58. The number of unbranched alkanes of at least 4 members (excludes halogenated alkanes) is 1. The second kappa shape index (κ2) is 6.73. The number of carbonyl (C=O) groups is 2. The molecule has 1 heterocycles. The number of aromatic nitrogens is 2. The van der Waals surface area contributed by atoms with Crippen molar-refractivity contribution in [3.63, 3.8) is 0 Å². The summed E-state index contributed by atoms with van der Waals surface area (Å²) >= 11 is 0. The number of aryl methyl sites for hydroxylation is 2. The summed E-state index contributed by atoms with van der Waals surface area (Å²) in [4.78, 5) is 36.5. The maximum Gasteiger partial charge on any atom is 0.329 e. The standard InChI is InChI=1S/C18H22N2O4/c1-19-17-12(5-2-3-10-21)6-4-7-15(17)20(18(19)24)14-9-8-13(22)11-16(14)23/h4,6-7,14,21H,2-3,5,8-11H2,1H3. The van der Waals surface area contributed by atoms with Crippen LogP contribution in [-0.2, 0) is 23.1 Å². The Morgan fingerprint density at radius 1 is 1.21 bits per heavy atom. The molecule has 1 atom stereocenters. The lowest BCUT2D eigenvalue weighted by molar-refractivity contribution is -0.132. The van der Waals surface area contributed by atoms with Gasteiger partial charge in [-0.25, -0.2) is 4.79 Å². The number of rotatable bonds is 5. The van der Waals surface area contributed by atoms with Crippen LogP contribution < -0.4 is 5.69 Å². The molecule has 0 amide bonds. The Morgan fingerprint density at radius 2 is 2.00 bits per heavy atom. The number of hydrogen-bond acceptors (Lipinski definition) is 4. The van der Waals surface area contributed by atoms with E-state index in [0.29, 0.717) is 19.3 Å². The van der Waals surface area contributed by atoms with Gasteiger partial charge in [-0.3, -0.25) is 18.7 Å². The normalized spacial score (nSPS) is 18.5. The first-order chi connectivity index (χ1) is 11.5. The number of nitrogens with zero attached hydrogens (tertiary/aromatic N) is 2. The third kappa shape index (κ3) is 2.82. The van der Waals surface area contributed by atoms with Gasteiger partial charge in [-0.15, -0.1) is 0 Å². The van der Waals surface area contributed by atoms with E-state index >= 15 is 0 Å². The van der Waals surface area contributed by atoms with Crippen molar-refractivity contribution in [1.29, 1.82) is 0 Å². The molecule has 1 unspecified atom stereocenters. The largest absolute Gasteiger partial charge is 0.396 e. The Morgan fingerprint density at radius 3 is 2.71 bits per heavy atom. The topological polar surface area (TPSA) is 81.3 Å². The number of ketones is 2. The molecule has 1 saturated carbocycles. The predicted octanol–water partition coefficient (Wildman–Crippen LogP) is 1.52. The van der Waals surface area contributed by atoms with Crippen molar-refractivity contribution >= 4 is 22.6 Å². The van der Waals surface area contributed by atoms with Gasteiger partial charge >= 0.3 is 5.69 Å². The van der Waals surface area contributed by atoms with Gasteiger partial charge in [0.05, 0.1) is 23.5 Å². The molecule has 0 radical (unpaired) electrons. The molecule has 6 heteroatoms. The summed E-state index contributed by atoms with van der Waals surface area (Å²) in [5, 5.41) is 8.96. The van der Waals surface area contributed by atoms with Crippen LogP contribution in [0.25, 0.3) is 11.0 Å². The van der Waals surface area contributed by atoms with Crippen molar-refractivity contribution in [2.24, 2.45) is 7.05 Å². The smallest absolute Gasteiger partial charge is 0.329 e. The zero-order valence-electron chi connectivity index (χ0n) is 13.8. The lowest BCUT2D eigenvalue weighted by Crippen LogP contribution is -2.34. The van der Waals surface area contributed by atoms with Crippen molar-refractivity contribution in [1.82, 2.24) is 9.13 Å². The summed E-state index contributed by atoms with van der Waals surface area (Å²) in [5.41, 5.74) is 2.41. The number of aliphatic hydroxyl groups excluding tert-OH is 1. The number of fused-ring (bicyclic) bond motifs is 1. The van der Waals surface area contributed by atoms with Gasteiger partial charge in [-0.05, 0) is 37.3 Å². The molecule has 1 aliphatic carbocycles. The maximum atomic E-state index is 12.7. The molecule has 0 aliphatic heterocycles. The third-order valence-corrected chi connectivity index (χ3v) is 4.79. The van der Waals surface area contributed by atoms with Gasteiger partial charge in [-0.2, -0.15) is 0 Å². The summed E-state index contributed by atoms with van der Waals surface area (Å²) in [6.45, 7) is 0.153. The lowest BCUT2D eigenvalue weighted by Gasteiger charge is -2.21. The minimum Gasteiger partial charge on any atom is -0.396 e. The van der Waals surface area contributed by atoms with Crippen LogP contribution in [0.15, 0.2) is 23.0 Å². The van der Waals surface area contributed by atoms with Crippen molar-refractivity contribution in [3.8, 4) is 0 Å². The van der Waals surface area contributed by atoms with E-state index in [1.165, 1.54) is 0 Å². The fourth-order valence-corrected chi connectivity index (χ4v) is 3.58. The number of para-hydroxylation sites is 1. The van der Waals surface area contributed by atoms with E-state index < -0.39 is 6.04 Å². The SMILES string of the molecule is Cn1c(=O)n(C2CCC(=O)CC2=O)c2cccc(CCCCO)c21. The number of benzene rings is 1. The lowest BCUT2D eigenvalue weighted by atomic mass is 9.92. The van der Waals surface area contributed by atoms with Crippen molar-refractivity contribution in [2.75, 3.05) is 6.61 Å². The molecule has 0 bridgehead atoms. The number of carbonyl (C=O) groups excluding carboxylic acids is 2. The van der Waals surface area contributed by atoms with Crippen LogP contribution in [-0.4, -0.2) is 32.4 Å². The van der Waals surface area contributed by atoms with E-state index in [9.17, 15) is 14.4 Å². The van der Waals surface area contributed by atoms with E-state index in [0.717, 1.165) is 29.4 Å². The Hall–Kier alpha value is -2.21. The molecule has 0 spiro atoms. The van der Waals surface area contributed by atoms with E-state index in [-0.39, 0.29) is 30.3 Å². The first-order valence-corrected chi connectivity index (χ1v) is 8.38. The zero-order chi connectivity index (χ0) is 17.3. The zero-order valence-corrected chi connectivity index (χ0v) is 13.8. The van der Waals surface area contributed by atoms with E-state index in [1.54, 1.807) is 16.2 Å². The summed E-state index contributed by atoms with van der Waals surface area (Å²) < 4.78 is 3.15. The highest BCUT2D eigenvalue weighted by Gasteiger charge is 2.31. The summed E-state index contributed by atoms with van der Waals surface area (Å²) in [6.07, 6.45) is 2.98. The van der Waals surface area contributed by atoms with Crippen LogP contribution >= 0.6 is 0 Å². The van der Waals surface area contributed by atoms with Gasteiger partial charge in [0.25, 0.3) is 0 Å². The monoisotopic (exact) mass is 330 g/mol. The quantitative estimate of drug-likeness (QED) is 0.666. The van der Waals surface area contributed by atoms with Gasteiger partial charge in [0.2, 0.25) is 0 Å². The minimum absolute atomic E-state index is 0.0470. The summed E-state index contributed by atoms with van der Waals surface area (Å²) in [6, 6.07) is 5.18. The molecule has 2 aromatic rings. The van der Waals surface area contributed by atoms with Gasteiger partial charge in [0.1, 0.15) is 5.78 Å². The molecule has 3 rings (SSSR count). The Balaban J connectivity index is 2.08. The highest BCUT2D eigenvalue weighted by atomic mass is 16.3. The van der Waals surface area contributed by atoms with Gasteiger partial charge in [0, 0.05) is 20.1 Å². The molecular formula is C18H22N2O4. The molecule has 24 heavy (non-hydrogen) atoms. The molecule has 6 nitrogen and oxygen atoms in total. The fraction of sp³-hybridized carbons (Fsp3) is 0.500. The Labute approximate surface area is 139 Å². The van der Waals surface area contributed by atoms with Crippen LogP contribution in [0.2, 0.25) is 0 Å². The molecule has 1 aromatic carbocycles. The molecule has 128 valence electrons. The Bertz CT molecular complexity index is 847. The summed E-state index contributed by atoms with van der Waals surface area (Å²) in [5.74, 6) is -0.222. The van der Waals surface area contributed by atoms with Crippen LogP contribution in [0.4, 0.5) is 0 Å². The molecule has 1 fully saturated rings. The van der Waals surface area contributed by atoms with E-state index in [4.69, 9.17) is 5.11 Å². The summed E-state index contributed by atoms with van der Waals surface area (Å²) in [7, 11) is 1.72. The van der Waals surface area contributed by atoms with Crippen molar-refractivity contribution in [3.05, 3.63) is 34.2 Å². The molecule has 1 aromatic heterocycles. The van der Waals surface area contributed by atoms with E-state index in [1.807, 2.05) is 18.2 Å². The maximum absolute atomic E-state index is 12.7. The van der Waals surface area contributed by atoms with Gasteiger partial charge in [0.15, 0.2) is 5.78 Å². The second-order valence-electron chi connectivity index (χ2n) is 6.41. The predicted molar refractivity (Wildman–Crippen MR) is 90.1 cm³/mol. The number of imidazole rings is 1. The molecular weight excluding hydrogens is 308 g/mol. The van der Waals surface area contributed by atoms with Crippen LogP contribution in [0.1, 0.15) is 43.7 Å². The third-order valence-electron chi connectivity index (χ3n) is 4.79. The highest BCUT2D eigenvalue weighted by Crippen LogP contribution is 2.27. The van der Waals surface area contributed by atoms with Gasteiger partial charge < -0.3 is 5.11 Å². The van der Waals surface area contributed by atoms with Crippen molar-refractivity contribution in [2.45, 2.75) is 44.6 Å². The molecule has 1 N–H and O–H groups in total. The first kappa shape index (κ1) is 16.6.